The van der Waals surface area contributed by atoms with Gasteiger partial charge in [-0.1, -0.05) is 16.8 Å². The number of nitrogens with zero attached hydrogens (tertiary/aromatic N) is 5. The Labute approximate surface area is 235 Å². The summed E-state index contributed by atoms with van der Waals surface area (Å²) in [6.07, 6.45) is 7.23. The topological polar surface area (TPSA) is 136 Å². The summed E-state index contributed by atoms with van der Waals surface area (Å²) in [5.74, 6) is 0.206. The van der Waals surface area contributed by atoms with Crippen LogP contribution in [0.2, 0.25) is 5.15 Å². The third kappa shape index (κ3) is 4.16. The van der Waals surface area contributed by atoms with E-state index in [1.54, 1.807) is 16.5 Å². The SMILES string of the molecule is Cc1cc([C@@H](C)Nc2ccc(Cl)nc2C(=O)O)c2nc(C34CCC(c5nc(C)no5)(CC3)CC4)c(C)c(=O)n2c1. The molecule has 7 rings (SSSR count). The molecule has 3 aliphatic rings. The summed E-state index contributed by atoms with van der Waals surface area (Å²) >= 11 is 5.95. The minimum atomic E-state index is -1.18. The van der Waals surface area contributed by atoms with Crippen LogP contribution >= 0.6 is 11.6 Å². The van der Waals surface area contributed by atoms with E-state index in [1.807, 2.05) is 40.0 Å². The van der Waals surface area contributed by atoms with Crippen molar-refractivity contribution in [1.82, 2.24) is 24.5 Å². The number of pyridine rings is 2. The lowest BCUT2D eigenvalue weighted by Gasteiger charge is -2.51. The number of anilines is 1. The Bertz CT molecular complexity index is 1700. The zero-order valence-corrected chi connectivity index (χ0v) is 23.7. The summed E-state index contributed by atoms with van der Waals surface area (Å²) in [5.41, 5.74) is 3.60. The van der Waals surface area contributed by atoms with Crippen molar-refractivity contribution in [3.8, 4) is 0 Å². The average molecular weight is 563 g/mol. The van der Waals surface area contributed by atoms with E-state index in [9.17, 15) is 14.7 Å². The van der Waals surface area contributed by atoms with Crippen molar-refractivity contribution in [1.29, 1.82) is 0 Å². The number of aryl methyl sites for hydroxylation is 2. The van der Waals surface area contributed by atoms with Crippen molar-refractivity contribution >= 4 is 28.9 Å². The van der Waals surface area contributed by atoms with Crippen LogP contribution in [0.25, 0.3) is 5.65 Å². The Morgan fingerprint density at radius 1 is 1.07 bits per heavy atom. The Morgan fingerprint density at radius 3 is 2.38 bits per heavy atom. The molecule has 0 spiro atoms. The predicted molar refractivity (Wildman–Crippen MR) is 149 cm³/mol. The van der Waals surface area contributed by atoms with E-state index in [2.05, 4.69) is 20.4 Å². The first-order chi connectivity index (χ1) is 19.0. The monoisotopic (exact) mass is 562 g/mol. The molecule has 1 atom stereocenters. The second-order valence-corrected chi connectivity index (χ2v) is 11.9. The number of aromatic carboxylic acids is 1. The second-order valence-electron chi connectivity index (χ2n) is 11.5. The fraction of sp³-hybridized carbons (Fsp3) is 0.448. The van der Waals surface area contributed by atoms with Crippen LogP contribution < -0.4 is 10.9 Å². The lowest BCUT2D eigenvalue weighted by atomic mass is 9.52. The number of nitrogens with one attached hydrogen (secondary N) is 1. The number of hydrogen-bond donors (Lipinski definition) is 2. The van der Waals surface area contributed by atoms with Gasteiger partial charge >= 0.3 is 5.97 Å². The standard InChI is InChI=1S/C29H31ClN6O4/c1-15-13-19(17(3)31-20-5-6-21(30)33-22(20)26(38)39)24-34-23(16(2)25(37)36(24)14-15)28-7-10-29(11-8-28,12-9-28)27-32-18(4)35-40-27/h5-6,13-14,17,31H,7-12H2,1-4H3,(H,38,39)/t17-,28?,29?/m1/s1. The molecule has 3 fully saturated rings. The number of halogens is 1. The molecule has 2 N–H and O–H groups in total. The first-order valence-corrected chi connectivity index (χ1v) is 13.9. The summed E-state index contributed by atoms with van der Waals surface area (Å²) in [4.78, 5) is 39.4. The molecular weight excluding hydrogens is 532 g/mol. The maximum absolute atomic E-state index is 13.8. The molecule has 2 bridgehead atoms. The van der Waals surface area contributed by atoms with Crippen molar-refractivity contribution < 1.29 is 14.4 Å². The van der Waals surface area contributed by atoms with E-state index in [4.69, 9.17) is 21.1 Å². The summed E-state index contributed by atoms with van der Waals surface area (Å²) in [5, 5.41) is 17.0. The van der Waals surface area contributed by atoms with Gasteiger partial charge in [-0.05, 0) is 90.0 Å². The number of fused-ring (bicyclic) bond motifs is 4. The molecule has 0 aromatic carbocycles. The van der Waals surface area contributed by atoms with Gasteiger partial charge in [0.1, 0.15) is 10.8 Å². The summed E-state index contributed by atoms with van der Waals surface area (Å²) < 4.78 is 7.23. The number of carboxylic acid groups (broad SMARTS) is 1. The van der Waals surface area contributed by atoms with Crippen LogP contribution in [0.15, 0.2) is 33.7 Å². The molecule has 10 nitrogen and oxygen atoms in total. The van der Waals surface area contributed by atoms with E-state index in [-0.39, 0.29) is 33.3 Å². The molecule has 4 aromatic heterocycles. The molecule has 0 amide bonds. The highest BCUT2D eigenvalue weighted by Gasteiger charge is 2.54. The van der Waals surface area contributed by atoms with Crippen LogP contribution in [0, 0.1) is 20.8 Å². The lowest BCUT2D eigenvalue weighted by Crippen LogP contribution is -2.48. The van der Waals surface area contributed by atoms with Crippen molar-refractivity contribution in [3.05, 3.63) is 79.7 Å². The van der Waals surface area contributed by atoms with E-state index in [0.717, 1.165) is 61.2 Å². The summed E-state index contributed by atoms with van der Waals surface area (Å²) in [6.45, 7) is 7.57. The highest BCUT2D eigenvalue weighted by molar-refractivity contribution is 6.29. The van der Waals surface area contributed by atoms with E-state index in [1.165, 1.54) is 0 Å². The first kappa shape index (κ1) is 26.4. The molecule has 4 aromatic rings. The first-order valence-electron chi connectivity index (χ1n) is 13.5. The minimum Gasteiger partial charge on any atom is -0.476 e. The molecule has 40 heavy (non-hydrogen) atoms. The highest BCUT2D eigenvalue weighted by atomic mass is 35.5. The number of carbonyl (C=O) groups is 1. The molecular formula is C29H31ClN6O4. The molecule has 3 saturated carbocycles. The normalized spacial score (nSPS) is 22.9. The maximum atomic E-state index is 13.8. The van der Waals surface area contributed by atoms with Crippen LogP contribution in [0.5, 0.6) is 0 Å². The van der Waals surface area contributed by atoms with Crippen molar-refractivity contribution in [2.75, 3.05) is 5.32 Å². The van der Waals surface area contributed by atoms with Gasteiger partial charge in [-0.25, -0.2) is 14.8 Å². The van der Waals surface area contributed by atoms with Gasteiger partial charge in [0.2, 0.25) is 5.89 Å². The Balaban J connectivity index is 1.41. The van der Waals surface area contributed by atoms with Gasteiger partial charge in [0.05, 0.1) is 17.4 Å². The van der Waals surface area contributed by atoms with Gasteiger partial charge < -0.3 is 14.9 Å². The van der Waals surface area contributed by atoms with Crippen LogP contribution in [0.4, 0.5) is 5.69 Å². The van der Waals surface area contributed by atoms with E-state index >= 15 is 0 Å². The largest absolute Gasteiger partial charge is 0.476 e. The van der Waals surface area contributed by atoms with Crippen LogP contribution in [-0.2, 0) is 10.8 Å². The summed E-state index contributed by atoms with van der Waals surface area (Å²) in [7, 11) is 0. The maximum Gasteiger partial charge on any atom is 0.356 e. The van der Waals surface area contributed by atoms with Crippen molar-refractivity contribution in [2.45, 2.75) is 83.1 Å². The molecule has 0 saturated heterocycles. The molecule has 208 valence electrons. The average Bonchev–Trinajstić information content (AvgIpc) is 3.39. The number of hydrogen-bond acceptors (Lipinski definition) is 8. The van der Waals surface area contributed by atoms with Crippen LogP contribution in [-0.4, -0.2) is 35.6 Å². The zero-order chi connectivity index (χ0) is 28.4. The van der Waals surface area contributed by atoms with Gasteiger partial charge in [0.15, 0.2) is 11.5 Å². The van der Waals surface area contributed by atoms with Gasteiger partial charge in [0.25, 0.3) is 5.56 Å². The fourth-order valence-electron chi connectivity index (χ4n) is 6.73. The third-order valence-corrected chi connectivity index (χ3v) is 9.16. The van der Waals surface area contributed by atoms with Crippen LogP contribution in [0.3, 0.4) is 0 Å². The predicted octanol–water partition coefficient (Wildman–Crippen LogP) is 5.47. The molecule has 3 aliphatic carbocycles. The Hall–Kier alpha value is -3.79. The number of rotatable bonds is 6. The van der Waals surface area contributed by atoms with E-state index < -0.39 is 5.97 Å². The summed E-state index contributed by atoms with van der Waals surface area (Å²) in [6, 6.07) is 4.76. The number of carboxylic acids is 1. The zero-order valence-electron chi connectivity index (χ0n) is 22.9. The van der Waals surface area contributed by atoms with Gasteiger partial charge in [-0.15, -0.1) is 0 Å². The Kier molecular flexibility index (Phi) is 6.21. The van der Waals surface area contributed by atoms with Crippen LogP contribution in [0.1, 0.15) is 96.1 Å². The molecule has 11 heteroatoms. The lowest BCUT2D eigenvalue weighted by molar-refractivity contribution is 0.0691. The second kappa shape index (κ2) is 9.40. The minimum absolute atomic E-state index is 0.0826. The smallest absolute Gasteiger partial charge is 0.356 e. The molecule has 0 aliphatic heterocycles. The Morgan fingerprint density at radius 2 is 1.75 bits per heavy atom. The van der Waals surface area contributed by atoms with E-state index in [0.29, 0.717) is 22.7 Å². The highest BCUT2D eigenvalue weighted by Crippen LogP contribution is 2.58. The van der Waals surface area contributed by atoms with Gasteiger partial charge in [0, 0.05) is 28.2 Å². The van der Waals surface area contributed by atoms with Crippen molar-refractivity contribution in [2.24, 2.45) is 0 Å². The van der Waals surface area contributed by atoms with Gasteiger partial charge in [-0.2, -0.15) is 4.98 Å². The molecule has 4 heterocycles. The van der Waals surface area contributed by atoms with Crippen molar-refractivity contribution in [3.63, 3.8) is 0 Å². The third-order valence-electron chi connectivity index (χ3n) is 8.95. The van der Waals surface area contributed by atoms with Gasteiger partial charge in [-0.3, -0.25) is 9.20 Å². The number of aromatic nitrogens is 5. The fourth-order valence-corrected chi connectivity index (χ4v) is 6.88. The quantitative estimate of drug-likeness (QED) is 0.293. The molecule has 0 unspecified atom stereocenters. The molecule has 0 radical (unpaired) electrons.